The minimum atomic E-state index is -1.77. The second-order valence-electron chi connectivity index (χ2n) is 15.0. The predicted octanol–water partition coefficient (Wildman–Crippen LogP) is 9.43. The SMILES string of the molecule is Cc1cc2ccn(CCO[Si](C)(C)C(C)(C)C)c2cc1N.Cc1cc2ccn(CCO[Si](C)(C)C(C)(C)C)c2cc1[N+](=O)[O-]. The summed E-state index contributed by atoms with van der Waals surface area (Å²) < 4.78 is 16.7. The molecule has 4 rings (SSSR count). The van der Waals surface area contributed by atoms with Crippen LogP contribution in [0.1, 0.15) is 52.7 Å². The second-order valence-corrected chi connectivity index (χ2v) is 24.6. The number of fused-ring (bicyclic) bond motifs is 2. The van der Waals surface area contributed by atoms with Gasteiger partial charge in [-0.2, -0.15) is 0 Å². The van der Waals surface area contributed by atoms with Crippen molar-refractivity contribution in [1.82, 2.24) is 9.13 Å². The van der Waals surface area contributed by atoms with Gasteiger partial charge in [-0.1, -0.05) is 41.5 Å². The molecule has 0 saturated heterocycles. The van der Waals surface area contributed by atoms with Gasteiger partial charge < -0.3 is 23.7 Å². The summed E-state index contributed by atoms with van der Waals surface area (Å²) in [4.78, 5) is 10.8. The minimum Gasteiger partial charge on any atom is -0.415 e. The largest absolute Gasteiger partial charge is 0.415 e. The van der Waals surface area contributed by atoms with Gasteiger partial charge in [-0.05, 0) is 91.4 Å². The molecule has 0 atom stereocenters. The van der Waals surface area contributed by atoms with E-state index in [-0.39, 0.29) is 20.7 Å². The zero-order chi connectivity index (χ0) is 33.3. The van der Waals surface area contributed by atoms with E-state index in [1.165, 1.54) is 10.9 Å². The molecule has 10 heteroatoms. The lowest BCUT2D eigenvalue weighted by molar-refractivity contribution is -0.385. The summed E-state index contributed by atoms with van der Waals surface area (Å²) >= 11 is 0. The van der Waals surface area contributed by atoms with Crippen molar-refractivity contribution in [3.05, 3.63) is 70.0 Å². The highest BCUT2D eigenvalue weighted by molar-refractivity contribution is 6.74. The van der Waals surface area contributed by atoms with Crippen LogP contribution in [0, 0.1) is 24.0 Å². The number of nitro benzene ring substituents is 1. The summed E-state index contributed by atoms with van der Waals surface area (Å²) in [6.45, 7) is 29.3. The Balaban J connectivity index is 0.000000241. The summed E-state index contributed by atoms with van der Waals surface area (Å²) in [6, 6.07) is 11.9. The van der Waals surface area contributed by atoms with E-state index in [0.29, 0.717) is 18.7 Å². The van der Waals surface area contributed by atoms with E-state index in [1.807, 2.05) is 29.8 Å². The number of rotatable bonds is 9. The topological polar surface area (TPSA) is 97.5 Å². The van der Waals surface area contributed by atoms with Gasteiger partial charge in [0.05, 0.1) is 29.2 Å². The third-order valence-electron chi connectivity index (χ3n) is 9.65. The summed E-state index contributed by atoms with van der Waals surface area (Å²) in [7, 11) is -3.43. The zero-order valence-electron chi connectivity index (χ0n) is 29.0. The van der Waals surface area contributed by atoms with Crippen molar-refractivity contribution < 1.29 is 13.8 Å². The van der Waals surface area contributed by atoms with Gasteiger partial charge in [0, 0.05) is 48.2 Å². The Kier molecular flexibility index (Phi) is 10.7. The quantitative estimate of drug-likeness (QED) is 0.0852. The Bertz CT molecular complexity index is 1610. The molecule has 0 aliphatic carbocycles. The van der Waals surface area contributed by atoms with Crippen LogP contribution >= 0.6 is 0 Å². The van der Waals surface area contributed by atoms with Crippen LogP contribution in [0.25, 0.3) is 21.8 Å². The van der Waals surface area contributed by atoms with Crippen LogP contribution in [0.15, 0.2) is 48.8 Å². The van der Waals surface area contributed by atoms with Gasteiger partial charge in [0.2, 0.25) is 0 Å². The number of anilines is 1. The van der Waals surface area contributed by atoms with Gasteiger partial charge >= 0.3 is 0 Å². The van der Waals surface area contributed by atoms with E-state index < -0.39 is 16.6 Å². The van der Waals surface area contributed by atoms with E-state index in [4.69, 9.17) is 14.6 Å². The first-order chi connectivity index (χ1) is 20.1. The van der Waals surface area contributed by atoms with Crippen LogP contribution in [-0.4, -0.2) is 43.9 Å². The van der Waals surface area contributed by atoms with Crippen LogP contribution in [0.3, 0.4) is 0 Å². The normalized spacial score (nSPS) is 12.9. The lowest BCUT2D eigenvalue weighted by atomic mass is 10.1. The Morgan fingerprint density at radius 2 is 1.16 bits per heavy atom. The van der Waals surface area contributed by atoms with E-state index in [2.05, 4.69) is 96.7 Å². The van der Waals surface area contributed by atoms with E-state index in [1.54, 1.807) is 13.0 Å². The Labute approximate surface area is 265 Å². The van der Waals surface area contributed by atoms with Crippen molar-refractivity contribution >= 4 is 49.8 Å². The molecule has 0 fully saturated rings. The Morgan fingerprint density at radius 1 is 0.750 bits per heavy atom. The van der Waals surface area contributed by atoms with Gasteiger partial charge in [0.15, 0.2) is 16.6 Å². The molecular weight excluding hydrogens is 585 g/mol. The van der Waals surface area contributed by atoms with Gasteiger partial charge in [0.1, 0.15) is 0 Å². The molecule has 44 heavy (non-hydrogen) atoms. The number of nitrogen functional groups attached to an aromatic ring is 1. The third kappa shape index (κ3) is 8.21. The fourth-order valence-corrected chi connectivity index (χ4v) is 6.60. The number of aryl methyl sites for hydroxylation is 2. The number of hydrogen-bond donors (Lipinski definition) is 1. The van der Waals surface area contributed by atoms with E-state index >= 15 is 0 Å². The second kappa shape index (κ2) is 13.2. The minimum absolute atomic E-state index is 0.169. The zero-order valence-corrected chi connectivity index (χ0v) is 31.0. The number of aromatic nitrogens is 2. The molecule has 2 heterocycles. The Morgan fingerprint density at radius 3 is 1.57 bits per heavy atom. The van der Waals surface area contributed by atoms with Crippen LogP contribution in [0.2, 0.25) is 36.3 Å². The van der Waals surface area contributed by atoms with Crippen LogP contribution < -0.4 is 5.73 Å². The number of benzene rings is 2. The fraction of sp³-hybridized carbons (Fsp3) is 0.529. The van der Waals surface area contributed by atoms with Gasteiger partial charge in [-0.3, -0.25) is 10.1 Å². The van der Waals surface area contributed by atoms with Crippen molar-refractivity contribution in [3.8, 4) is 0 Å². The van der Waals surface area contributed by atoms with Crippen LogP contribution in [0.5, 0.6) is 0 Å². The average molecular weight is 639 g/mol. The highest BCUT2D eigenvalue weighted by atomic mass is 28.4. The van der Waals surface area contributed by atoms with Crippen molar-refractivity contribution in [2.45, 2.75) is 105 Å². The smallest absolute Gasteiger partial charge is 0.274 e. The maximum atomic E-state index is 11.1. The molecule has 0 spiro atoms. The average Bonchev–Trinajstić information content (AvgIpc) is 3.45. The van der Waals surface area contributed by atoms with Crippen molar-refractivity contribution in [2.75, 3.05) is 18.9 Å². The summed E-state index contributed by atoms with van der Waals surface area (Å²) in [5.41, 5.74) is 11.0. The molecule has 0 aliphatic heterocycles. The lowest BCUT2D eigenvalue weighted by Gasteiger charge is -2.36. The standard InChI is InChI=1S/C17H26N2O3Si.C17H28N2OSi/c1-13-11-14-7-8-18(16(14)12-15(13)19(20)21)9-10-22-23(5,6)17(2,3)4;1-13-11-14-7-8-19(16(14)12-15(13)18)9-10-20-21(5,6)17(2,3)4/h7-8,11-12H,9-10H2,1-6H3;7-8,11-12H,9-10,18H2,1-6H3. The van der Waals surface area contributed by atoms with Crippen LogP contribution in [-0.2, 0) is 21.9 Å². The molecule has 242 valence electrons. The molecule has 8 nitrogen and oxygen atoms in total. The first-order valence-corrected chi connectivity index (χ1v) is 21.3. The first-order valence-electron chi connectivity index (χ1n) is 15.5. The molecule has 2 N–H and O–H groups in total. The van der Waals surface area contributed by atoms with Gasteiger partial charge in [0.25, 0.3) is 5.69 Å². The van der Waals surface area contributed by atoms with Crippen molar-refractivity contribution in [3.63, 3.8) is 0 Å². The highest BCUT2D eigenvalue weighted by Gasteiger charge is 2.37. The van der Waals surface area contributed by atoms with Crippen LogP contribution in [0.4, 0.5) is 11.4 Å². The van der Waals surface area contributed by atoms with Crippen molar-refractivity contribution in [1.29, 1.82) is 0 Å². The number of nitrogens with two attached hydrogens (primary N) is 1. The molecular formula is C34H54N4O4Si2. The molecule has 0 bridgehead atoms. The molecule has 2 aromatic carbocycles. The molecule has 0 radical (unpaired) electrons. The summed E-state index contributed by atoms with van der Waals surface area (Å²) in [5.74, 6) is 0. The maximum absolute atomic E-state index is 11.1. The van der Waals surface area contributed by atoms with E-state index in [9.17, 15) is 10.1 Å². The molecule has 0 amide bonds. The summed E-state index contributed by atoms with van der Waals surface area (Å²) in [6.07, 6.45) is 4.10. The molecule has 0 aliphatic rings. The fourth-order valence-electron chi connectivity index (χ4n) is 4.53. The highest BCUT2D eigenvalue weighted by Crippen LogP contribution is 2.37. The predicted molar refractivity (Wildman–Crippen MR) is 191 cm³/mol. The molecule has 2 aromatic heterocycles. The number of nitro groups is 1. The van der Waals surface area contributed by atoms with E-state index in [0.717, 1.165) is 35.3 Å². The van der Waals surface area contributed by atoms with Crippen molar-refractivity contribution in [2.24, 2.45) is 0 Å². The third-order valence-corrected chi connectivity index (χ3v) is 18.7. The first kappa shape index (κ1) is 35.6. The maximum Gasteiger partial charge on any atom is 0.274 e. The summed E-state index contributed by atoms with van der Waals surface area (Å²) in [5, 5.41) is 13.8. The molecule has 4 aromatic rings. The number of nitrogens with zero attached hydrogens (tertiary/aromatic N) is 3. The number of hydrogen-bond acceptors (Lipinski definition) is 5. The Hall–Kier alpha value is -2.93. The lowest BCUT2D eigenvalue weighted by Crippen LogP contribution is -2.41. The monoisotopic (exact) mass is 638 g/mol. The van der Waals surface area contributed by atoms with Gasteiger partial charge in [-0.15, -0.1) is 0 Å². The molecule has 0 unspecified atom stereocenters. The molecule has 0 saturated carbocycles. The van der Waals surface area contributed by atoms with Gasteiger partial charge in [-0.25, -0.2) is 0 Å².